The molecule has 0 spiro atoms. The van der Waals surface area contributed by atoms with Crippen LogP contribution >= 0.6 is 0 Å². The van der Waals surface area contributed by atoms with Gasteiger partial charge in [0, 0.05) is 12.1 Å². The van der Waals surface area contributed by atoms with Crippen LogP contribution in [0, 0.1) is 6.92 Å². The summed E-state index contributed by atoms with van der Waals surface area (Å²) in [5, 5.41) is 0. The summed E-state index contributed by atoms with van der Waals surface area (Å²) in [6.45, 7) is 5.65. The first-order valence-electron chi connectivity index (χ1n) is 6.73. The predicted molar refractivity (Wildman–Crippen MR) is 76.9 cm³/mol. The lowest BCUT2D eigenvalue weighted by molar-refractivity contribution is 0.185. The van der Waals surface area contributed by atoms with Crippen molar-refractivity contribution in [3.63, 3.8) is 0 Å². The molecule has 20 heavy (non-hydrogen) atoms. The zero-order chi connectivity index (χ0) is 14.9. The normalized spacial score (nSPS) is 15.2. The molecule has 1 aromatic carbocycles. The number of aryl methyl sites for hydroxylation is 1. The molecule has 5 nitrogen and oxygen atoms in total. The molecule has 0 bridgehead atoms. The summed E-state index contributed by atoms with van der Waals surface area (Å²) in [7, 11) is -3.80. The molecule has 0 aliphatic heterocycles. The van der Waals surface area contributed by atoms with Gasteiger partial charge in [0.1, 0.15) is 0 Å². The number of carbonyl (C=O) groups is 1. The van der Waals surface area contributed by atoms with E-state index in [4.69, 9.17) is 0 Å². The third-order valence-electron chi connectivity index (χ3n) is 3.28. The maximum Gasteiger partial charge on any atom is 0.331 e. The largest absolute Gasteiger partial charge is 0.331 e. The number of hydrogen-bond donors (Lipinski definition) is 1. The van der Waals surface area contributed by atoms with Crippen LogP contribution in [-0.4, -0.2) is 31.4 Å². The molecular formula is C14H20N2O3S. The number of sulfonamides is 1. The molecule has 1 aromatic rings. The quantitative estimate of drug-likeness (QED) is 0.927. The van der Waals surface area contributed by atoms with Gasteiger partial charge in [-0.25, -0.2) is 17.9 Å². The molecule has 0 heterocycles. The van der Waals surface area contributed by atoms with Gasteiger partial charge in [0.05, 0.1) is 4.90 Å². The summed E-state index contributed by atoms with van der Waals surface area (Å²) in [4.78, 5) is 13.9. The first-order chi connectivity index (χ1) is 9.31. The van der Waals surface area contributed by atoms with Crippen LogP contribution < -0.4 is 4.72 Å². The lowest BCUT2D eigenvalue weighted by Crippen LogP contribution is -2.47. The van der Waals surface area contributed by atoms with E-state index < -0.39 is 16.1 Å². The number of hydrogen-bond acceptors (Lipinski definition) is 3. The van der Waals surface area contributed by atoms with Crippen LogP contribution in [0.25, 0.3) is 0 Å². The second kappa shape index (κ2) is 5.44. The van der Waals surface area contributed by atoms with E-state index >= 15 is 0 Å². The zero-order valence-corrected chi connectivity index (χ0v) is 12.8. The Kier molecular flexibility index (Phi) is 4.04. The van der Waals surface area contributed by atoms with Crippen molar-refractivity contribution in [3.8, 4) is 0 Å². The minimum absolute atomic E-state index is 0.0179. The number of amides is 2. The van der Waals surface area contributed by atoms with Crippen molar-refractivity contribution in [2.45, 2.75) is 50.6 Å². The predicted octanol–water partition coefficient (Wildman–Crippen LogP) is 2.27. The molecule has 110 valence electrons. The van der Waals surface area contributed by atoms with Crippen molar-refractivity contribution in [3.05, 3.63) is 29.8 Å². The highest BCUT2D eigenvalue weighted by atomic mass is 32.2. The van der Waals surface area contributed by atoms with E-state index in [-0.39, 0.29) is 17.0 Å². The van der Waals surface area contributed by atoms with Gasteiger partial charge in [-0.05, 0) is 45.7 Å². The summed E-state index contributed by atoms with van der Waals surface area (Å²) in [5.41, 5.74) is 0.970. The minimum atomic E-state index is -3.80. The highest BCUT2D eigenvalue weighted by Crippen LogP contribution is 2.28. The Morgan fingerprint density at radius 1 is 1.25 bits per heavy atom. The van der Waals surface area contributed by atoms with Crippen LogP contribution in [0.1, 0.15) is 32.3 Å². The van der Waals surface area contributed by atoms with Gasteiger partial charge in [0.25, 0.3) is 10.0 Å². The van der Waals surface area contributed by atoms with E-state index in [0.717, 1.165) is 18.4 Å². The summed E-state index contributed by atoms with van der Waals surface area (Å²) < 4.78 is 26.5. The number of rotatable bonds is 4. The summed E-state index contributed by atoms with van der Waals surface area (Å²) in [6, 6.07) is 6.03. The highest BCUT2D eigenvalue weighted by Gasteiger charge is 2.35. The minimum Gasteiger partial charge on any atom is -0.319 e. The third kappa shape index (κ3) is 3.30. The van der Waals surface area contributed by atoms with E-state index in [1.807, 2.05) is 20.8 Å². The molecule has 6 heteroatoms. The molecule has 1 N–H and O–H groups in total. The summed E-state index contributed by atoms with van der Waals surface area (Å²) in [6.07, 6.45) is 1.88. The molecule has 2 amide bonds. The molecule has 0 radical (unpaired) electrons. The van der Waals surface area contributed by atoms with Crippen LogP contribution in [0.2, 0.25) is 0 Å². The summed E-state index contributed by atoms with van der Waals surface area (Å²) in [5.74, 6) is 0. The van der Waals surface area contributed by atoms with Crippen molar-refractivity contribution in [1.29, 1.82) is 0 Å². The van der Waals surface area contributed by atoms with Crippen LogP contribution in [0.5, 0.6) is 0 Å². The van der Waals surface area contributed by atoms with Gasteiger partial charge in [0.2, 0.25) is 0 Å². The Morgan fingerprint density at radius 3 is 2.25 bits per heavy atom. The molecule has 0 aromatic heterocycles. The smallest absolute Gasteiger partial charge is 0.319 e. The molecule has 2 rings (SSSR count). The number of nitrogens with one attached hydrogen (secondary N) is 1. The Labute approximate surface area is 120 Å². The molecule has 1 aliphatic rings. The second-order valence-electron chi connectivity index (χ2n) is 5.46. The average Bonchev–Trinajstić information content (AvgIpc) is 3.12. The van der Waals surface area contributed by atoms with Crippen molar-refractivity contribution in [1.82, 2.24) is 9.62 Å². The van der Waals surface area contributed by atoms with Crippen molar-refractivity contribution < 1.29 is 13.2 Å². The molecule has 0 atom stereocenters. The van der Waals surface area contributed by atoms with E-state index in [1.165, 1.54) is 12.1 Å². The van der Waals surface area contributed by atoms with Gasteiger partial charge in [-0.3, -0.25) is 0 Å². The van der Waals surface area contributed by atoms with Crippen LogP contribution in [0.15, 0.2) is 29.2 Å². The van der Waals surface area contributed by atoms with Crippen molar-refractivity contribution in [2.24, 2.45) is 0 Å². The first kappa shape index (κ1) is 14.8. The van der Waals surface area contributed by atoms with Crippen LogP contribution in [0.4, 0.5) is 4.79 Å². The third-order valence-corrected chi connectivity index (χ3v) is 4.62. The summed E-state index contributed by atoms with van der Waals surface area (Å²) >= 11 is 0. The standard InChI is InChI=1S/C14H20N2O3S/c1-10(2)16(12-6-7-12)14(17)15-20(18,19)13-8-4-11(3)5-9-13/h4-5,8-10,12H,6-7H2,1-3H3,(H,15,17). The van der Waals surface area contributed by atoms with Crippen molar-refractivity contribution in [2.75, 3.05) is 0 Å². The van der Waals surface area contributed by atoms with Gasteiger partial charge >= 0.3 is 6.03 Å². The molecule has 0 unspecified atom stereocenters. The van der Waals surface area contributed by atoms with Crippen molar-refractivity contribution >= 4 is 16.1 Å². The SMILES string of the molecule is Cc1ccc(S(=O)(=O)NC(=O)N(C(C)C)C2CC2)cc1. The Morgan fingerprint density at radius 2 is 1.80 bits per heavy atom. The fourth-order valence-electron chi connectivity index (χ4n) is 2.12. The molecule has 1 fully saturated rings. The second-order valence-corrected chi connectivity index (χ2v) is 7.14. The lowest BCUT2D eigenvalue weighted by atomic mass is 10.2. The number of nitrogens with zero attached hydrogens (tertiary/aromatic N) is 1. The van der Waals surface area contributed by atoms with Gasteiger partial charge in [-0.1, -0.05) is 17.7 Å². The Bertz CT molecular complexity index is 587. The van der Waals surface area contributed by atoms with Gasteiger partial charge in [-0.2, -0.15) is 0 Å². The van der Waals surface area contributed by atoms with Gasteiger partial charge < -0.3 is 4.90 Å². The zero-order valence-electron chi connectivity index (χ0n) is 12.0. The monoisotopic (exact) mass is 296 g/mol. The molecule has 1 aliphatic carbocycles. The maximum atomic E-state index is 12.2. The topological polar surface area (TPSA) is 66.5 Å². The molecule has 1 saturated carbocycles. The fourth-order valence-corrected chi connectivity index (χ4v) is 3.07. The number of carbonyl (C=O) groups excluding carboxylic acids is 1. The molecular weight excluding hydrogens is 276 g/mol. The number of urea groups is 1. The Balaban J connectivity index is 2.15. The molecule has 0 saturated heterocycles. The first-order valence-corrected chi connectivity index (χ1v) is 8.21. The van der Waals surface area contributed by atoms with E-state index in [0.29, 0.717) is 0 Å². The highest BCUT2D eigenvalue weighted by molar-refractivity contribution is 7.90. The van der Waals surface area contributed by atoms with Crippen LogP contribution in [-0.2, 0) is 10.0 Å². The van der Waals surface area contributed by atoms with E-state index in [1.54, 1.807) is 17.0 Å². The number of benzene rings is 1. The van der Waals surface area contributed by atoms with Gasteiger partial charge in [-0.15, -0.1) is 0 Å². The average molecular weight is 296 g/mol. The Hall–Kier alpha value is -1.56. The van der Waals surface area contributed by atoms with E-state index in [9.17, 15) is 13.2 Å². The lowest BCUT2D eigenvalue weighted by Gasteiger charge is -2.26. The van der Waals surface area contributed by atoms with Gasteiger partial charge in [0.15, 0.2) is 0 Å². The fraction of sp³-hybridized carbons (Fsp3) is 0.500. The maximum absolute atomic E-state index is 12.2. The van der Waals surface area contributed by atoms with Crippen LogP contribution in [0.3, 0.4) is 0 Å². The van der Waals surface area contributed by atoms with E-state index in [2.05, 4.69) is 4.72 Å².